The summed E-state index contributed by atoms with van der Waals surface area (Å²) in [6.07, 6.45) is 0. The number of nitrogens with one attached hydrogen (secondary N) is 1. The molecule has 25 heavy (non-hydrogen) atoms. The highest BCUT2D eigenvalue weighted by Crippen LogP contribution is 2.17. The maximum atomic E-state index is 5.35. The molecule has 1 aliphatic rings. The first-order chi connectivity index (χ1) is 12.0. The SMILES string of the molecule is CCNc1cc(C)nc(N2CCN(Cc3nc(C(C)C)no3)CC2)n1. The van der Waals surface area contributed by atoms with E-state index in [1.54, 1.807) is 0 Å². The van der Waals surface area contributed by atoms with Gasteiger partial charge in [0.15, 0.2) is 5.82 Å². The monoisotopic (exact) mass is 345 g/mol. The molecular formula is C17H27N7O. The Balaban J connectivity index is 1.58. The molecule has 1 aliphatic heterocycles. The average Bonchev–Trinajstić information content (AvgIpc) is 3.04. The number of hydrogen-bond donors (Lipinski definition) is 1. The van der Waals surface area contributed by atoms with Crippen molar-refractivity contribution in [3.63, 3.8) is 0 Å². The first kappa shape index (κ1) is 17.6. The molecule has 0 saturated carbocycles. The molecule has 0 aromatic carbocycles. The summed E-state index contributed by atoms with van der Waals surface area (Å²) >= 11 is 0. The highest BCUT2D eigenvalue weighted by atomic mass is 16.5. The van der Waals surface area contributed by atoms with Gasteiger partial charge in [-0.3, -0.25) is 4.90 Å². The van der Waals surface area contributed by atoms with Gasteiger partial charge in [-0.1, -0.05) is 19.0 Å². The van der Waals surface area contributed by atoms with E-state index in [9.17, 15) is 0 Å². The van der Waals surface area contributed by atoms with Crippen LogP contribution in [0.4, 0.5) is 11.8 Å². The number of piperazine rings is 1. The van der Waals surface area contributed by atoms with E-state index < -0.39 is 0 Å². The van der Waals surface area contributed by atoms with Gasteiger partial charge < -0.3 is 14.7 Å². The molecule has 0 bridgehead atoms. The minimum Gasteiger partial charge on any atom is -0.370 e. The van der Waals surface area contributed by atoms with Crippen LogP contribution in [-0.2, 0) is 6.54 Å². The first-order valence-electron chi connectivity index (χ1n) is 8.94. The highest BCUT2D eigenvalue weighted by molar-refractivity contribution is 5.43. The Morgan fingerprint density at radius 3 is 2.56 bits per heavy atom. The second kappa shape index (κ2) is 7.77. The molecule has 0 aliphatic carbocycles. The number of hydrogen-bond acceptors (Lipinski definition) is 8. The van der Waals surface area contributed by atoms with Crippen molar-refractivity contribution < 1.29 is 4.52 Å². The molecule has 3 heterocycles. The van der Waals surface area contributed by atoms with Crippen LogP contribution in [0.25, 0.3) is 0 Å². The molecule has 3 rings (SSSR count). The van der Waals surface area contributed by atoms with Gasteiger partial charge in [0.05, 0.1) is 6.54 Å². The van der Waals surface area contributed by atoms with Crippen molar-refractivity contribution in [3.8, 4) is 0 Å². The van der Waals surface area contributed by atoms with E-state index in [4.69, 9.17) is 4.52 Å². The van der Waals surface area contributed by atoms with Crippen molar-refractivity contribution >= 4 is 11.8 Å². The molecule has 0 unspecified atom stereocenters. The molecule has 0 radical (unpaired) electrons. The molecule has 0 atom stereocenters. The number of nitrogens with zero attached hydrogens (tertiary/aromatic N) is 6. The van der Waals surface area contributed by atoms with E-state index in [2.05, 4.69) is 56.0 Å². The summed E-state index contributed by atoms with van der Waals surface area (Å²) in [7, 11) is 0. The molecule has 136 valence electrons. The molecular weight excluding hydrogens is 318 g/mol. The van der Waals surface area contributed by atoms with Crippen molar-refractivity contribution in [2.45, 2.75) is 40.2 Å². The zero-order valence-corrected chi connectivity index (χ0v) is 15.5. The van der Waals surface area contributed by atoms with Crippen LogP contribution in [0.1, 0.15) is 44.1 Å². The van der Waals surface area contributed by atoms with Gasteiger partial charge in [0.2, 0.25) is 11.8 Å². The molecule has 2 aromatic rings. The third kappa shape index (κ3) is 4.45. The van der Waals surface area contributed by atoms with E-state index in [-0.39, 0.29) is 0 Å². The molecule has 8 nitrogen and oxygen atoms in total. The minimum atomic E-state index is 0.291. The molecule has 0 spiro atoms. The summed E-state index contributed by atoms with van der Waals surface area (Å²) in [5.41, 5.74) is 0.982. The van der Waals surface area contributed by atoms with Gasteiger partial charge in [-0.05, 0) is 13.8 Å². The maximum Gasteiger partial charge on any atom is 0.240 e. The van der Waals surface area contributed by atoms with Crippen LogP contribution in [0.2, 0.25) is 0 Å². The quantitative estimate of drug-likeness (QED) is 0.852. The maximum absolute atomic E-state index is 5.35. The Morgan fingerprint density at radius 1 is 1.16 bits per heavy atom. The summed E-state index contributed by atoms with van der Waals surface area (Å²) in [6.45, 7) is 13.4. The minimum absolute atomic E-state index is 0.291. The third-order valence-corrected chi connectivity index (χ3v) is 4.21. The Hall–Kier alpha value is -2.22. The fraction of sp³-hybridized carbons (Fsp3) is 0.647. The largest absolute Gasteiger partial charge is 0.370 e. The summed E-state index contributed by atoms with van der Waals surface area (Å²) in [5, 5.41) is 7.30. The van der Waals surface area contributed by atoms with Crippen molar-refractivity contribution in [2.24, 2.45) is 0 Å². The lowest BCUT2D eigenvalue weighted by molar-refractivity contribution is 0.214. The molecule has 0 amide bonds. The number of aromatic nitrogens is 4. The van der Waals surface area contributed by atoms with Crippen LogP contribution in [0.5, 0.6) is 0 Å². The first-order valence-corrected chi connectivity index (χ1v) is 8.94. The van der Waals surface area contributed by atoms with Crippen LogP contribution < -0.4 is 10.2 Å². The lowest BCUT2D eigenvalue weighted by Crippen LogP contribution is -2.46. The van der Waals surface area contributed by atoms with Gasteiger partial charge in [-0.15, -0.1) is 0 Å². The lowest BCUT2D eigenvalue weighted by Gasteiger charge is -2.34. The molecule has 2 aromatic heterocycles. The zero-order valence-electron chi connectivity index (χ0n) is 15.5. The fourth-order valence-corrected chi connectivity index (χ4v) is 2.83. The van der Waals surface area contributed by atoms with E-state index in [1.165, 1.54) is 0 Å². The van der Waals surface area contributed by atoms with Crippen molar-refractivity contribution in [2.75, 3.05) is 42.9 Å². The van der Waals surface area contributed by atoms with Crippen LogP contribution >= 0.6 is 0 Å². The number of anilines is 2. The number of rotatable bonds is 6. The molecule has 1 N–H and O–H groups in total. The van der Waals surface area contributed by atoms with Crippen LogP contribution in [-0.4, -0.2) is 57.7 Å². The van der Waals surface area contributed by atoms with Gasteiger partial charge in [0.25, 0.3) is 0 Å². The summed E-state index contributed by atoms with van der Waals surface area (Å²) in [5.74, 6) is 3.45. The highest BCUT2D eigenvalue weighted by Gasteiger charge is 2.21. The van der Waals surface area contributed by atoms with E-state index in [1.807, 2.05) is 13.0 Å². The Kier molecular flexibility index (Phi) is 5.47. The van der Waals surface area contributed by atoms with Gasteiger partial charge >= 0.3 is 0 Å². The summed E-state index contributed by atoms with van der Waals surface area (Å²) in [4.78, 5) is 18.2. The van der Waals surface area contributed by atoms with Gasteiger partial charge in [-0.25, -0.2) is 4.98 Å². The summed E-state index contributed by atoms with van der Waals surface area (Å²) < 4.78 is 5.35. The molecule has 1 fully saturated rings. The topological polar surface area (TPSA) is 83.2 Å². The number of aryl methyl sites for hydroxylation is 1. The van der Waals surface area contributed by atoms with Crippen molar-refractivity contribution in [3.05, 3.63) is 23.5 Å². The third-order valence-electron chi connectivity index (χ3n) is 4.21. The standard InChI is InChI=1S/C17H27N7O/c1-5-18-14-10-13(4)19-17(20-14)24-8-6-23(7-9-24)11-15-21-16(12(2)3)22-25-15/h10,12H,5-9,11H2,1-4H3,(H,18,19,20). The lowest BCUT2D eigenvalue weighted by atomic mass is 10.2. The fourth-order valence-electron chi connectivity index (χ4n) is 2.83. The van der Waals surface area contributed by atoms with Gasteiger partial charge in [-0.2, -0.15) is 9.97 Å². The second-order valence-corrected chi connectivity index (χ2v) is 6.69. The van der Waals surface area contributed by atoms with E-state index in [0.29, 0.717) is 18.4 Å². The Labute approximate surface area is 148 Å². The smallest absolute Gasteiger partial charge is 0.240 e. The van der Waals surface area contributed by atoms with Crippen LogP contribution in [0, 0.1) is 6.92 Å². The predicted octanol–water partition coefficient (Wildman–Crippen LogP) is 2.05. The molecule has 8 heteroatoms. The van der Waals surface area contributed by atoms with Crippen LogP contribution in [0.15, 0.2) is 10.6 Å². The van der Waals surface area contributed by atoms with Crippen molar-refractivity contribution in [1.29, 1.82) is 0 Å². The van der Waals surface area contributed by atoms with E-state index >= 15 is 0 Å². The Bertz CT molecular complexity index is 692. The van der Waals surface area contributed by atoms with Crippen molar-refractivity contribution in [1.82, 2.24) is 25.0 Å². The van der Waals surface area contributed by atoms with E-state index in [0.717, 1.165) is 56.0 Å². The average molecular weight is 345 g/mol. The predicted molar refractivity (Wildman–Crippen MR) is 96.8 cm³/mol. The second-order valence-electron chi connectivity index (χ2n) is 6.69. The molecule has 1 saturated heterocycles. The normalized spacial score (nSPS) is 15.8. The zero-order chi connectivity index (χ0) is 17.8. The van der Waals surface area contributed by atoms with Crippen LogP contribution in [0.3, 0.4) is 0 Å². The van der Waals surface area contributed by atoms with Gasteiger partial charge in [0.1, 0.15) is 5.82 Å². The summed E-state index contributed by atoms with van der Waals surface area (Å²) in [6, 6.07) is 1.98. The van der Waals surface area contributed by atoms with Gasteiger partial charge in [0, 0.05) is 50.4 Å². The Morgan fingerprint density at radius 2 is 1.92 bits per heavy atom.